The van der Waals surface area contributed by atoms with E-state index in [9.17, 15) is 4.79 Å². The number of likely N-dealkylation sites (N-methyl/N-ethyl adjacent to an activating group) is 1. The van der Waals surface area contributed by atoms with Gasteiger partial charge in [0.1, 0.15) is 5.75 Å². The summed E-state index contributed by atoms with van der Waals surface area (Å²) in [5.74, 6) is 1.05. The average molecular weight is 430 g/mol. The van der Waals surface area contributed by atoms with Gasteiger partial charge in [0.2, 0.25) is 5.91 Å². The fraction of sp³-hybridized carbons (Fsp3) is 0.296. The van der Waals surface area contributed by atoms with Crippen LogP contribution in [0.5, 0.6) is 5.75 Å². The van der Waals surface area contributed by atoms with E-state index >= 15 is 0 Å². The van der Waals surface area contributed by atoms with Crippen LogP contribution in [-0.2, 0) is 4.79 Å². The van der Waals surface area contributed by atoms with Crippen LogP contribution in [0.2, 0.25) is 0 Å². The SMILES string of the molecule is COc1ccccc1N1CCN(C(=O)CN(C)C(c2ccccc2)c2ccccc2)CC1. The van der Waals surface area contributed by atoms with Crippen molar-refractivity contribution in [3.8, 4) is 5.75 Å². The van der Waals surface area contributed by atoms with Gasteiger partial charge in [0.25, 0.3) is 0 Å². The predicted octanol–water partition coefficient (Wildman–Crippen LogP) is 4.07. The van der Waals surface area contributed by atoms with Crippen molar-refractivity contribution >= 4 is 11.6 Å². The Morgan fingerprint density at radius 3 is 1.94 bits per heavy atom. The molecular formula is C27H31N3O2. The number of anilines is 1. The fourth-order valence-corrected chi connectivity index (χ4v) is 4.46. The lowest BCUT2D eigenvalue weighted by Crippen LogP contribution is -2.51. The lowest BCUT2D eigenvalue weighted by molar-refractivity contribution is -0.132. The summed E-state index contributed by atoms with van der Waals surface area (Å²) < 4.78 is 5.51. The number of hydrogen-bond donors (Lipinski definition) is 0. The molecule has 0 spiro atoms. The average Bonchev–Trinajstić information content (AvgIpc) is 2.85. The van der Waals surface area contributed by atoms with Crippen molar-refractivity contribution in [1.82, 2.24) is 9.80 Å². The molecule has 0 bridgehead atoms. The van der Waals surface area contributed by atoms with Gasteiger partial charge in [0.15, 0.2) is 0 Å². The maximum Gasteiger partial charge on any atom is 0.236 e. The molecule has 1 heterocycles. The van der Waals surface area contributed by atoms with Gasteiger partial charge in [-0.2, -0.15) is 0 Å². The number of rotatable bonds is 7. The van der Waals surface area contributed by atoms with Crippen LogP contribution in [0.15, 0.2) is 84.9 Å². The number of benzene rings is 3. The number of hydrogen-bond acceptors (Lipinski definition) is 4. The van der Waals surface area contributed by atoms with Crippen molar-refractivity contribution in [1.29, 1.82) is 0 Å². The lowest BCUT2D eigenvalue weighted by Gasteiger charge is -2.38. The Morgan fingerprint density at radius 2 is 1.38 bits per heavy atom. The minimum Gasteiger partial charge on any atom is -0.495 e. The van der Waals surface area contributed by atoms with Crippen LogP contribution in [-0.4, -0.2) is 62.6 Å². The second kappa shape index (κ2) is 10.3. The topological polar surface area (TPSA) is 36.0 Å². The Bertz CT molecular complexity index is 962. The molecule has 1 aliphatic rings. The van der Waals surface area contributed by atoms with Gasteiger partial charge in [0.05, 0.1) is 25.4 Å². The Balaban J connectivity index is 1.42. The third-order valence-corrected chi connectivity index (χ3v) is 6.11. The van der Waals surface area contributed by atoms with E-state index in [4.69, 9.17) is 4.74 Å². The summed E-state index contributed by atoms with van der Waals surface area (Å²) >= 11 is 0. The zero-order valence-electron chi connectivity index (χ0n) is 18.9. The third kappa shape index (κ3) is 4.94. The number of para-hydroxylation sites is 2. The zero-order valence-corrected chi connectivity index (χ0v) is 18.9. The van der Waals surface area contributed by atoms with Crippen molar-refractivity contribution < 1.29 is 9.53 Å². The van der Waals surface area contributed by atoms with Crippen molar-refractivity contribution in [2.24, 2.45) is 0 Å². The molecule has 1 amide bonds. The largest absolute Gasteiger partial charge is 0.495 e. The minimum absolute atomic E-state index is 0.0382. The van der Waals surface area contributed by atoms with Gasteiger partial charge in [-0.15, -0.1) is 0 Å². The lowest BCUT2D eigenvalue weighted by atomic mass is 9.97. The number of methoxy groups -OCH3 is 1. The monoisotopic (exact) mass is 429 g/mol. The van der Waals surface area contributed by atoms with Gasteiger partial charge in [-0.25, -0.2) is 0 Å². The number of piperazine rings is 1. The molecule has 1 fully saturated rings. The molecule has 32 heavy (non-hydrogen) atoms. The number of amides is 1. The molecule has 4 rings (SSSR count). The van der Waals surface area contributed by atoms with Crippen molar-refractivity contribution in [2.75, 3.05) is 51.8 Å². The van der Waals surface area contributed by atoms with Crippen molar-refractivity contribution in [3.63, 3.8) is 0 Å². The van der Waals surface area contributed by atoms with E-state index in [2.05, 4.69) is 64.4 Å². The van der Waals surface area contributed by atoms with Gasteiger partial charge in [-0.1, -0.05) is 72.8 Å². The Kier molecular flexibility index (Phi) is 7.07. The molecule has 0 N–H and O–H groups in total. The summed E-state index contributed by atoms with van der Waals surface area (Å²) in [4.78, 5) is 19.6. The smallest absolute Gasteiger partial charge is 0.236 e. The summed E-state index contributed by atoms with van der Waals surface area (Å²) in [5, 5.41) is 0. The normalized spacial score (nSPS) is 14.1. The first kappa shape index (κ1) is 21.9. The molecule has 0 aromatic heterocycles. The molecule has 5 heteroatoms. The van der Waals surface area contributed by atoms with E-state index in [0.29, 0.717) is 19.6 Å². The van der Waals surface area contributed by atoms with Gasteiger partial charge < -0.3 is 14.5 Å². The zero-order chi connectivity index (χ0) is 22.3. The van der Waals surface area contributed by atoms with Crippen LogP contribution in [0.3, 0.4) is 0 Å². The van der Waals surface area contributed by atoms with E-state index in [-0.39, 0.29) is 11.9 Å². The first-order valence-electron chi connectivity index (χ1n) is 11.1. The number of carbonyl (C=O) groups excluding carboxylic acids is 1. The molecule has 0 atom stereocenters. The highest BCUT2D eigenvalue weighted by Crippen LogP contribution is 2.29. The van der Waals surface area contributed by atoms with Gasteiger partial charge >= 0.3 is 0 Å². The quantitative estimate of drug-likeness (QED) is 0.567. The van der Waals surface area contributed by atoms with Crippen LogP contribution in [0, 0.1) is 0 Å². The van der Waals surface area contributed by atoms with Gasteiger partial charge in [-0.05, 0) is 30.3 Å². The van der Waals surface area contributed by atoms with Crippen LogP contribution in [0.4, 0.5) is 5.69 Å². The molecule has 3 aromatic rings. The second-order valence-electron chi connectivity index (χ2n) is 8.18. The molecule has 3 aromatic carbocycles. The maximum atomic E-state index is 13.2. The van der Waals surface area contributed by atoms with E-state index in [1.54, 1.807) is 7.11 Å². The Hall–Kier alpha value is -3.31. The summed E-state index contributed by atoms with van der Waals surface area (Å²) in [6.45, 7) is 3.41. The number of ether oxygens (including phenoxy) is 1. The molecule has 0 saturated carbocycles. The van der Waals surface area contributed by atoms with Crippen LogP contribution in [0.25, 0.3) is 0 Å². The maximum absolute atomic E-state index is 13.2. The molecule has 5 nitrogen and oxygen atoms in total. The van der Waals surface area contributed by atoms with Gasteiger partial charge in [-0.3, -0.25) is 9.69 Å². The fourth-order valence-electron chi connectivity index (χ4n) is 4.46. The predicted molar refractivity (Wildman–Crippen MR) is 129 cm³/mol. The van der Waals surface area contributed by atoms with Crippen molar-refractivity contribution in [2.45, 2.75) is 6.04 Å². The van der Waals surface area contributed by atoms with E-state index < -0.39 is 0 Å². The summed E-state index contributed by atoms with van der Waals surface area (Å²) in [6, 6.07) is 28.9. The summed E-state index contributed by atoms with van der Waals surface area (Å²) in [6.07, 6.45) is 0. The highest BCUT2D eigenvalue weighted by Gasteiger charge is 2.26. The molecule has 0 aliphatic carbocycles. The summed E-state index contributed by atoms with van der Waals surface area (Å²) in [7, 11) is 3.73. The van der Waals surface area contributed by atoms with Crippen LogP contribution >= 0.6 is 0 Å². The molecular weight excluding hydrogens is 398 g/mol. The Morgan fingerprint density at radius 1 is 0.844 bits per heavy atom. The molecule has 0 radical (unpaired) electrons. The van der Waals surface area contributed by atoms with Crippen LogP contribution < -0.4 is 9.64 Å². The Labute approximate surface area is 190 Å². The summed E-state index contributed by atoms with van der Waals surface area (Å²) in [5.41, 5.74) is 3.47. The van der Waals surface area contributed by atoms with Gasteiger partial charge in [0, 0.05) is 26.2 Å². The highest BCUT2D eigenvalue weighted by atomic mass is 16.5. The minimum atomic E-state index is 0.0382. The van der Waals surface area contributed by atoms with E-state index in [0.717, 1.165) is 24.5 Å². The van der Waals surface area contributed by atoms with Crippen LogP contribution in [0.1, 0.15) is 17.2 Å². The third-order valence-electron chi connectivity index (χ3n) is 6.11. The number of carbonyl (C=O) groups is 1. The first-order chi connectivity index (χ1) is 15.7. The molecule has 0 unspecified atom stereocenters. The number of nitrogens with zero attached hydrogens (tertiary/aromatic N) is 3. The molecule has 1 saturated heterocycles. The van der Waals surface area contributed by atoms with Crippen molar-refractivity contribution in [3.05, 3.63) is 96.1 Å². The highest BCUT2D eigenvalue weighted by molar-refractivity contribution is 5.78. The van der Waals surface area contributed by atoms with E-state index in [1.165, 1.54) is 11.1 Å². The molecule has 1 aliphatic heterocycles. The first-order valence-corrected chi connectivity index (χ1v) is 11.1. The second-order valence-corrected chi connectivity index (χ2v) is 8.18. The molecule has 166 valence electrons. The van der Waals surface area contributed by atoms with E-state index in [1.807, 2.05) is 42.3 Å². The standard InChI is InChI=1S/C27H31N3O2/c1-28(27(22-11-5-3-6-12-22)23-13-7-4-8-14-23)21-26(31)30-19-17-29(18-20-30)24-15-9-10-16-25(24)32-2/h3-16,27H,17-21H2,1-2H3.